The van der Waals surface area contributed by atoms with Crippen LogP contribution >= 0.6 is 0 Å². The lowest BCUT2D eigenvalue weighted by atomic mass is 9.97. The van der Waals surface area contributed by atoms with Crippen molar-refractivity contribution in [3.8, 4) is 0 Å². The van der Waals surface area contributed by atoms with E-state index in [-0.39, 0.29) is 6.54 Å². The van der Waals surface area contributed by atoms with E-state index in [1.165, 1.54) is 13.2 Å². The van der Waals surface area contributed by atoms with E-state index in [0.717, 1.165) is 0 Å². The van der Waals surface area contributed by atoms with Crippen LogP contribution in [0.1, 0.15) is 13.3 Å². The number of aliphatic hydroxyl groups is 2. The van der Waals surface area contributed by atoms with Crippen LogP contribution < -0.4 is 5.32 Å². The topological polar surface area (TPSA) is 97.3 Å². The molecule has 0 aromatic carbocycles. The van der Waals surface area contributed by atoms with Crippen LogP contribution in [-0.2, 0) is 14.2 Å². The van der Waals surface area contributed by atoms with Crippen LogP contribution in [0.25, 0.3) is 0 Å². The monoisotopic (exact) mass is 275 g/mol. The van der Waals surface area contributed by atoms with Gasteiger partial charge in [0.05, 0.1) is 6.10 Å². The lowest BCUT2D eigenvalue weighted by Gasteiger charge is -2.41. The largest absolute Gasteiger partial charge is 0.438 e. The molecule has 1 saturated heterocycles. The Kier molecular flexibility index (Phi) is 6.23. The van der Waals surface area contributed by atoms with E-state index in [1.807, 2.05) is 6.92 Å². The molecule has 7 nitrogen and oxygen atoms in total. The van der Waals surface area contributed by atoms with Crippen LogP contribution in [0.4, 0.5) is 4.79 Å². The van der Waals surface area contributed by atoms with E-state index in [9.17, 15) is 15.0 Å². The Hall–Kier alpha value is -1.15. The lowest BCUT2D eigenvalue weighted by Crippen LogP contribution is -2.59. The first-order valence-electron chi connectivity index (χ1n) is 6.14. The minimum Gasteiger partial charge on any atom is -0.438 e. The van der Waals surface area contributed by atoms with Gasteiger partial charge in [0, 0.05) is 13.7 Å². The maximum atomic E-state index is 11.4. The van der Waals surface area contributed by atoms with Gasteiger partial charge in [-0.1, -0.05) is 13.0 Å². The Morgan fingerprint density at radius 2 is 2.16 bits per heavy atom. The zero-order valence-corrected chi connectivity index (χ0v) is 11.1. The van der Waals surface area contributed by atoms with Crippen molar-refractivity contribution >= 4 is 6.09 Å². The second-order valence-corrected chi connectivity index (χ2v) is 4.21. The first-order chi connectivity index (χ1) is 9.04. The highest BCUT2D eigenvalue weighted by molar-refractivity contribution is 5.67. The van der Waals surface area contributed by atoms with Gasteiger partial charge in [-0.05, 0) is 6.42 Å². The summed E-state index contributed by atoms with van der Waals surface area (Å²) in [6.45, 7) is 5.50. The molecule has 3 N–H and O–H groups in total. The number of hydrogen-bond acceptors (Lipinski definition) is 6. The van der Waals surface area contributed by atoms with Crippen molar-refractivity contribution in [2.45, 2.75) is 44.1 Å². The Balaban J connectivity index is 2.68. The minimum atomic E-state index is -1.27. The van der Waals surface area contributed by atoms with Crippen LogP contribution in [0, 0.1) is 0 Å². The number of aliphatic hydroxyl groups excluding tert-OH is 2. The van der Waals surface area contributed by atoms with E-state index < -0.39 is 36.8 Å². The molecule has 1 amide bonds. The summed E-state index contributed by atoms with van der Waals surface area (Å²) in [6.07, 6.45) is -3.71. The van der Waals surface area contributed by atoms with Gasteiger partial charge < -0.3 is 29.7 Å². The van der Waals surface area contributed by atoms with Crippen molar-refractivity contribution in [3.63, 3.8) is 0 Å². The smallest absolute Gasteiger partial charge is 0.407 e. The van der Waals surface area contributed by atoms with Crippen molar-refractivity contribution in [3.05, 3.63) is 12.7 Å². The number of carbonyl (C=O) groups is 1. The van der Waals surface area contributed by atoms with Crippen molar-refractivity contribution in [1.29, 1.82) is 0 Å². The van der Waals surface area contributed by atoms with Crippen LogP contribution in [0.3, 0.4) is 0 Å². The molecule has 5 atom stereocenters. The number of nitrogens with one attached hydrogen (secondary N) is 1. The summed E-state index contributed by atoms with van der Waals surface area (Å²) in [5, 5.41) is 22.2. The fourth-order valence-electron chi connectivity index (χ4n) is 1.88. The number of amides is 1. The van der Waals surface area contributed by atoms with E-state index in [2.05, 4.69) is 11.9 Å². The van der Waals surface area contributed by atoms with Crippen molar-refractivity contribution in [1.82, 2.24) is 5.32 Å². The summed E-state index contributed by atoms with van der Waals surface area (Å²) in [5.41, 5.74) is 0. The van der Waals surface area contributed by atoms with Crippen LogP contribution in [0.15, 0.2) is 12.7 Å². The molecule has 1 heterocycles. The Labute approximate surface area is 112 Å². The Bertz CT molecular complexity index is 309. The molecule has 0 aromatic rings. The van der Waals surface area contributed by atoms with Gasteiger partial charge in [0.25, 0.3) is 0 Å². The van der Waals surface area contributed by atoms with Gasteiger partial charge in [-0.3, -0.25) is 0 Å². The maximum absolute atomic E-state index is 11.4. The molecule has 0 saturated carbocycles. The molecule has 110 valence electrons. The summed E-state index contributed by atoms with van der Waals surface area (Å²) in [5.74, 6) is 0. The lowest BCUT2D eigenvalue weighted by molar-refractivity contribution is -0.288. The van der Waals surface area contributed by atoms with Gasteiger partial charge in [-0.25, -0.2) is 4.79 Å². The molecule has 1 aliphatic heterocycles. The summed E-state index contributed by atoms with van der Waals surface area (Å²) in [6, 6.07) is 0. The summed E-state index contributed by atoms with van der Waals surface area (Å²) < 4.78 is 15.5. The molecule has 1 rings (SSSR count). The van der Waals surface area contributed by atoms with Crippen molar-refractivity contribution < 1.29 is 29.2 Å². The number of ether oxygens (including phenoxy) is 3. The molecular formula is C12H21NO6. The quantitative estimate of drug-likeness (QED) is 0.600. The third-order valence-electron chi connectivity index (χ3n) is 2.91. The molecule has 1 fully saturated rings. The van der Waals surface area contributed by atoms with Gasteiger partial charge in [0.2, 0.25) is 0 Å². The molecule has 1 aliphatic rings. The highest BCUT2D eigenvalue weighted by atomic mass is 16.7. The Morgan fingerprint density at radius 3 is 2.68 bits per heavy atom. The fourth-order valence-corrected chi connectivity index (χ4v) is 1.88. The third-order valence-corrected chi connectivity index (χ3v) is 2.91. The van der Waals surface area contributed by atoms with Crippen LogP contribution in [0.5, 0.6) is 0 Å². The average Bonchev–Trinajstić information content (AvgIpc) is 2.42. The zero-order chi connectivity index (χ0) is 14.4. The number of alkyl carbamates (subject to hydrolysis) is 1. The molecule has 5 unspecified atom stereocenters. The van der Waals surface area contributed by atoms with Crippen LogP contribution in [0.2, 0.25) is 0 Å². The molecule has 0 spiro atoms. The SMILES string of the molecule is C=CCNC(=O)OC1C(OC)OC(CC)C(O)C1O. The molecular weight excluding hydrogens is 254 g/mol. The average molecular weight is 275 g/mol. The van der Waals surface area contributed by atoms with E-state index in [4.69, 9.17) is 14.2 Å². The number of hydrogen-bond donors (Lipinski definition) is 3. The number of methoxy groups -OCH3 is 1. The van der Waals surface area contributed by atoms with Crippen molar-refractivity contribution in [2.24, 2.45) is 0 Å². The van der Waals surface area contributed by atoms with Crippen molar-refractivity contribution in [2.75, 3.05) is 13.7 Å². The van der Waals surface area contributed by atoms with Gasteiger partial charge >= 0.3 is 6.09 Å². The Morgan fingerprint density at radius 1 is 1.47 bits per heavy atom. The molecule has 0 bridgehead atoms. The van der Waals surface area contributed by atoms with Crippen LogP contribution in [-0.4, -0.2) is 60.7 Å². The second-order valence-electron chi connectivity index (χ2n) is 4.21. The molecule has 0 aromatic heterocycles. The molecule has 0 aliphatic carbocycles. The third kappa shape index (κ3) is 3.90. The summed E-state index contributed by atoms with van der Waals surface area (Å²) in [4.78, 5) is 11.4. The normalized spacial score (nSPS) is 34.6. The minimum absolute atomic E-state index is 0.236. The van der Waals surface area contributed by atoms with E-state index in [0.29, 0.717) is 6.42 Å². The van der Waals surface area contributed by atoms with E-state index in [1.54, 1.807) is 0 Å². The van der Waals surface area contributed by atoms with Gasteiger partial charge in [0.15, 0.2) is 12.4 Å². The van der Waals surface area contributed by atoms with Gasteiger partial charge in [0.1, 0.15) is 12.2 Å². The highest BCUT2D eigenvalue weighted by Gasteiger charge is 2.46. The van der Waals surface area contributed by atoms with E-state index >= 15 is 0 Å². The predicted molar refractivity (Wildman–Crippen MR) is 66.4 cm³/mol. The summed E-state index contributed by atoms with van der Waals surface area (Å²) >= 11 is 0. The van der Waals surface area contributed by atoms with Gasteiger partial charge in [-0.15, -0.1) is 6.58 Å². The summed E-state index contributed by atoms with van der Waals surface area (Å²) in [7, 11) is 1.37. The second kappa shape index (κ2) is 7.44. The number of carbonyl (C=O) groups excluding carboxylic acids is 1. The first kappa shape index (κ1) is 15.9. The standard InChI is InChI=1S/C12H21NO6/c1-4-6-13-12(16)19-10-9(15)8(14)7(5-2)18-11(10)17-3/h4,7-11,14-15H,1,5-6H2,2-3H3,(H,13,16). The van der Waals surface area contributed by atoms with Gasteiger partial charge in [-0.2, -0.15) is 0 Å². The molecule has 19 heavy (non-hydrogen) atoms. The first-order valence-corrected chi connectivity index (χ1v) is 6.14. The number of rotatable bonds is 5. The zero-order valence-electron chi connectivity index (χ0n) is 11.1. The molecule has 0 radical (unpaired) electrons. The maximum Gasteiger partial charge on any atom is 0.407 e. The highest BCUT2D eigenvalue weighted by Crippen LogP contribution is 2.25. The fraction of sp³-hybridized carbons (Fsp3) is 0.750. The molecule has 7 heteroatoms. The predicted octanol–water partition coefficient (Wildman–Crippen LogP) is -0.230.